The SMILES string of the molecule is CC(c1cc(N2CCOC[C@@H]2C)nc(-c2ccc(NC(=O)Nc3c(C)nn(C)c3C)cc2)n1)=S(=O)=O. The van der Waals surface area contributed by atoms with Gasteiger partial charge in [0.2, 0.25) is 10.3 Å². The molecule has 1 fully saturated rings. The highest BCUT2D eigenvalue weighted by atomic mass is 32.2. The zero-order chi connectivity index (χ0) is 26.0. The molecule has 1 atom stereocenters. The van der Waals surface area contributed by atoms with Gasteiger partial charge in [-0.15, -0.1) is 0 Å². The third-order valence-corrected chi connectivity index (χ3v) is 6.84. The number of rotatable bonds is 5. The zero-order valence-electron chi connectivity index (χ0n) is 20.9. The standard InChI is InChI=1S/C24H29N7O4S/c1-14-13-35-11-10-31(14)21-12-20(17(4)36(33)34)26-23(27-21)18-6-8-19(9-7-18)25-24(32)28-22-15(2)29-30(5)16(22)3/h6-9,12,14H,10-11,13H2,1-5H3,(H2,25,28,32)/t14-/m0/s1. The van der Waals surface area contributed by atoms with E-state index in [1.54, 1.807) is 35.0 Å². The Bertz CT molecular complexity index is 1420. The van der Waals surface area contributed by atoms with Gasteiger partial charge in [0.15, 0.2) is 5.82 Å². The molecule has 2 N–H and O–H groups in total. The quantitative estimate of drug-likeness (QED) is 0.395. The Labute approximate surface area is 211 Å². The average molecular weight is 512 g/mol. The molecule has 11 nitrogen and oxygen atoms in total. The van der Waals surface area contributed by atoms with E-state index in [1.807, 2.05) is 27.8 Å². The van der Waals surface area contributed by atoms with Crippen molar-refractivity contribution in [2.45, 2.75) is 33.7 Å². The van der Waals surface area contributed by atoms with Gasteiger partial charge in [0.1, 0.15) is 5.82 Å². The van der Waals surface area contributed by atoms with Gasteiger partial charge in [-0.2, -0.15) is 13.5 Å². The van der Waals surface area contributed by atoms with Gasteiger partial charge < -0.3 is 20.3 Å². The maximum Gasteiger partial charge on any atom is 0.323 e. The molecule has 1 aliphatic rings. The Morgan fingerprint density at radius 3 is 2.47 bits per heavy atom. The second kappa shape index (κ2) is 10.5. The molecule has 0 bridgehead atoms. The number of carbonyl (C=O) groups excluding carboxylic acids is 1. The number of anilines is 3. The molecule has 0 unspecified atom stereocenters. The second-order valence-corrected chi connectivity index (χ2v) is 9.75. The number of amides is 2. The fraction of sp³-hybridized carbons (Fsp3) is 0.375. The van der Waals surface area contributed by atoms with Crippen molar-refractivity contribution in [1.82, 2.24) is 19.7 Å². The van der Waals surface area contributed by atoms with Gasteiger partial charge in [-0.25, -0.2) is 14.8 Å². The van der Waals surface area contributed by atoms with Crippen LogP contribution in [0.15, 0.2) is 30.3 Å². The lowest BCUT2D eigenvalue weighted by atomic mass is 10.1. The van der Waals surface area contributed by atoms with Gasteiger partial charge in [0.25, 0.3) is 0 Å². The highest BCUT2D eigenvalue weighted by Crippen LogP contribution is 2.25. The van der Waals surface area contributed by atoms with Crippen LogP contribution >= 0.6 is 0 Å². The van der Waals surface area contributed by atoms with E-state index in [-0.39, 0.29) is 16.9 Å². The van der Waals surface area contributed by atoms with Crippen LogP contribution in [0.3, 0.4) is 0 Å². The van der Waals surface area contributed by atoms with Crippen molar-refractivity contribution in [1.29, 1.82) is 0 Å². The number of carbonyl (C=O) groups is 1. The minimum absolute atomic E-state index is 0.0876. The van der Waals surface area contributed by atoms with Crippen LogP contribution < -0.4 is 15.5 Å². The predicted molar refractivity (Wildman–Crippen MR) is 139 cm³/mol. The summed E-state index contributed by atoms with van der Waals surface area (Å²) in [5.41, 5.74) is 3.86. The lowest BCUT2D eigenvalue weighted by Crippen LogP contribution is -2.44. The minimum atomic E-state index is -2.40. The van der Waals surface area contributed by atoms with Gasteiger partial charge in [0.05, 0.1) is 46.9 Å². The summed E-state index contributed by atoms with van der Waals surface area (Å²) in [5, 5.41) is 9.95. The van der Waals surface area contributed by atoms with Crippen molar-refractivity contribution in [3.8, 4) is 11.4 Å². The smallest absolute Gasteiger partial charge is 0.323 e. The molecule has 0 radical (unpaired) electrons. The number of urea groups is 1. The zero-order valence-corrected chi connectivity index (χ0v) is 21.7. The van der Waals surface area contributed by atoms with Crippen molar-refractivity contribution in [3.05, 3.63) is 47.4 Å². The molecule has 3 heterocycles. The number of benzene rings is 1. The molecule has 3 aromatic rings. The number of morpholine rings is 1. The molecule has 190 valence electrons. The number of aromatic nitrogens is 4. The third-order valence-electron chi connectivity index (χ3n) is 6.13. The van der Waals surface area contributed by atoms with E-state index in [0.29, 0.717) is 54.0 Å². The number of hydrogen-bond acceptors (Lipinski definition) is 8. The van der Waals surface area contributed by atoms with Crippen LogP contribution in [-0.2, 0) is 22.1 Å². The topological polar surface area (TPSA) is 131 Å². The Morgan fingerprint density at radius 1 is 1.14 bits per heavy atom. The average Bonchev–Trinajstić information content (AvgIpc) is 3.09. The van der Waals surface area contributed by atoms with Crippen molar-refractivity contribution < 1.29 is 17.9 Å². The Hall–Kier alpha value is -3.77. The van der Waals surface area contributed by atoms with E-state index in [1.165, 1.54) is 6.92 Å². The Kier molecular flexibility index (Phi) is 7.36. The van der Waals surface area contributed by atoms with Crippen molar-refractivity contribution in [2.24, 2.45) is 7.05 Å². The molecule has 2 aromatic heterocycles. The predicted octanol–water partition coefficient (Wildman–Crippen LogP) is 2.78. The molecule has 0 aliphatic carbocycles. The van der Waals surface area contributed by atoms with Gasteiger partial charge >= 0.3 is 6.03 Å². The number of ether oxygens (including phenoxy) is 1. The first-order valence-corrected chi connectivity index (χ1v) is 12.6. The van der Waals surface area contributed by atoms with E-state index in [9.17, 15) is 13.2 Å². The largest absolute Gasteiger partial charge is 0.377 e. The van der Waals surface area contributed by atoms with Crippen molar-refractivity contribution in [2.75, 3.05) is 35.3 Å². The first-order valence-electron chi connectivity index (χ1n) is 11.5. The monoisotopic (exact) mass is 511 g/mol. The summed E-state index contributed by atoms with van der Waals surface area (Å²) in [5.74, 6) is 1.03. The molecule has 1 saturated heterocycles. The van der Waals surface area contributed by atoms with Crippen molar-refractivity contribution >= 4 is 38.4 Å². The summed E-state index contributed by atoms with van der Waals surface area (Å²) in [6, 6.07) is 8.45. The number of nitrogens with zero attached hydrogens (tertiary/aromatic N) is 5. The first kappa shape index (κ1) is 25.3. The van der Waals surface area contributed by atoms with Crippen LogP contribution in [0.1, 0.15) is 30.9 Å². The summed E-state index contributed by atoms with van der Waals surface area (Å²) in [6.45, 7) is 9.03. The summed E-state index contributed by atoms with van der Waals surface area (Å²) < 4.78 is 30.5. The number of aryl methyl sites for hydroxylation is 2. The fourth-order valence-corrected chi connectivity index (χ4v) is 4.25. The Morgan fingerprint density at radius 2 is 1.86 bits per heavy atom. The number of hydrogen-bond donors (Lipinski definition) is 2. The van der Waals surface area contributed by atoms with E-state index < -0.39 is 10.3 Å². The molecule has 2 amide bonds. The molecule has 0 saturated carbocycles. The summed E-state index contributed by atoms with van der Waals surface area (Å²) in [6.07, 6.45) is 0. The molecule has 0 spiro atoms. The minimum Gasteiger partial charge on any atom is -0.377 e. The van der Waals surface area contributed by atoms with Gasteiger partial charge in [0, 0.05) is 30.9 Å². The molecule has 12 heteroatoms. The van der Waals surface area contributed by atoms with Crippen LogP contribution in [-0.4, -0.2) is 64.9 Å². The summed E-state index contributed by atoms with van der Waals surface area (Å²) in [4.78, 5) is 24.0. The molecule has 1 aromatic carbocycles. The lowest BCUT2D eigenvalue weighted by Gasteiger charge is -2.34. The van der Waals surface area contributed by atoms with E-state index >= 15 is 0 Å². The normalized spacial score (nSPS) is 15.5. The lowest BCUT2D eigenvalue weighted by molar-refractivity contribution is 0.0985. The second-order valence-electron chi connectivity index (χ2n) is 8.67. The first-order chi connectivity index (χ1) is 17.1. The van der Waals surface area contributed by atoms with Crippen LogP contribution in [0.25, 0.3) is 11.4 Å². The van der Waals surface area contributed by atoms with Crippen molar-refractivity contribution in [3.63, 3.8) is 0 Å². The van der Waals surface area contributed by atoms with E-state index in [2.05, 4.69) is 25.6 Å². The van der Waals surface area contributed by atoms with Crippen LogP contribution in [0, 0.1) is 13.8 Å². The fourth-order valence-electron chi connectivity index (χ4n) is 3.98. The summed E-state index contributed by atoms with van der Waals surface area (Å²) in [7, 11) is -0.585. The van der Waals surface area contributed by atoms with Crippen LogP contribution in [0.5, 0.6) is 0 Å². The van der Waals surface area contributed by atoms with Gasteiger partial charge in [-0.1, -0.05) is 0 Å². The van der Waals surface area contributed by atoms with Crippen LogP contribution in [0.4, 0.5) is 22.0 Å². The Balaban J connectivity index is 1.59. The summed E-state index contributed by atoms with van der Waals surface area (Å²) >= 11 is 0. The molecule has 36 heavy (non-hydrogen) atoms. The highest BCUT2D eigenvalue weighted by molar-refractivity contribution is 7.73. The third kappa shape index (κ3) is 5.39. The molecular formula is C24H29N7O4S. The van der Waals surface area contributed by atoms with E-state index in [4.69, 9.17) is 9.72 Å². The van der Waals surface area contributed by atoms with Crippen LogP contribution in [0.2, 0.25) is 0 Å². The molecule has 4 rings (SSSR count). The maximum absolute atomic E-state index is 12.5. The van der Waals surface area contributed by atoms with E-state index in [0.717, 1.165) is 11.4 Å². The molecule has 1 aliphatic heterocycles. The maximum atomic E-state index is 12.5. The number of nitrogens with one attached hydrogen (secondary N) is 2. The molecular weight excluding hydrogens is 482 g/mol. The van der Waals surface area contributed by atoms with Gasteiger partial charge in [-0.3, -0.25) is 4.68 Å². The highest BCUT2D eigenvalue weighted by Gasteiger charge is 2.22. The van der Waals surface area contributed by atoms with Gasteiger partial charge in [-0.05, 0) is 52.0 Å².